The average Bonchev–Trinajstić information content (AvgIpc) is 2.30. The zero-order chi connectivity index (χ0) is 13.5. The molecule has 0 amide bonds. The second-order valence-electron chi connectivity index (χ2n) is 5.18. The highest BCUT2D eigenvalue weighted by Gasteiger charge is 2.23. The highest BCUT2D eigenvalue weighted by atomic mass is 16.5. The van der Waals surface area contributed by atoms with E-state index in [4.69, 9.17) is 9.47 Å². The van der Waals surface area contributed by atoms with Crippen LogP contribution >= 0.6 is 0 Å². The molecule has 0 radical (unpaired) electrons. The summed E-state index contributed by atoms with van der Waals surface area (Å²) in [6.07, 6.45) is 0.991. The van der Waals surface area contributed by atoms with Crippen molar-refractivity contribution >= 4 is 5.97 Å². The maximum atomic E-state index is 11.4. The van der Waals surface area contributed by atoms with Gasteiger partial charge in [0.2, 0.25) is 0 Å². The van der Waals surface area contributed by atoms with E-state index in [1.54, 1.807) is 0 Å². The molecule has 106 valence electrons. The predicted octanol–water partition coefficient (Wildman–Crippen LogP) is 0.704. The van der Waals surface area contributed by atoms with Crippen LogP contribution in [0.5, 0.6) is 0 Å². The summed E-state index contributed by atoms with van der Waals surface area (Å²) in [4.78, 5) is 11.4. The molecular formula is C13H25NO4. The molecule has 0 bridgehead atoms. The van der Waals surface area contributed by atoms with Crippen LogP contribution in [0.3, 0.4) is 0 Å². The molecule has 2 N–H and O–H groups in total. The van der Waals surface area contributed by atoms with Crippen molar-refractivity contribution in [3.8, 4) is 0 Å². The van der Waals surface area contributed by atoms with E-state index in [0.717, 1.165) is 6.42 Å². The standard InChI is InChI=1S/C13H25NO4/c1-4-10-6-17-8-12(15)5-11(14-10)7-18-13(16)9(2)3/h9-12,14-15H,4-8H2,1-3H3/t10-,11-,12-/m1/s1. The summed E-state index contributed by atoms with van der Waals surface area (Å²) in [5.41, 5.74) is 0. The first-order chi connectivity index (χ1) is 8.52. The molecule has 18 heavy (non-hydrogen) atoms. The Morgan fingerprint density at radius 1 is 1.44 bits per heavy atom. The lowest BCUT2D eigenvalue weighted by molar-refractivity contribution is -0.148. The van der Waals surface area contributed by atoms with Crippen LogP contribution in [0, 0.1) is 5.92 Å². The van der Waals surface area contributed by atoms with Crippen LogP contribution in [0.15, 0.2) is 0 Å². The largest absolute Gasteiger partial charge is 0.464 e. The Hall–Kier alpha value is -0.650. The van der Waals surface area contributed by atoms with Gasteiger partial charge in [-0.25, -0.2) is 0 Å². The first-order valence-electron chi connectivity index (χ1n) is 6.71. The van der Waals surface area contributed by atoms with Crippen LogP contribution < -0.4 is 5.32 Å². The lowest BCUT2D eigenvalue weighted by Gasteiger charge is -2.29. The van der Waals surface area contributed by atoms with Gasteiger partial charge in [-0.05, 0) is 12.8 Å². The van der Waals surface area contributed by atoms with Gasteiger partial charge in [-0.3, -0.25) is 4.79 Å². The maximum absolute atomic E-state index is 11.4. The third-order valence-electron chi connectivity index (χ3n) is 3.05. The smallest absolute Gasteiger partial charge is 0.308 e. The second kappa shape index (κ2) is 7.71. The number of esters is 1. The first-order valence-corrected chi connectivity index (χ1v) is 6.71. The van der Waals surface area contributed by atoms with Gasteiger partial charge in [0.1, 0.15) is 6.61 Å². The fourth-order valence-electron chi connectivity index (χ4n) is 1.89. The van der Waals surface area contributed by atoms with Crippen molar-refractivity contribution in [2.75, 3.05) is 19.8 Å². The van der Waals surface area contributed by atoms with Gasteiger partial charge in [-0.1, -0.05) is 20.8 Å². The van der Waals surface area contributed by atoms with Gasteiger partial charge in [0, 0.05) is 12.1 Å². The third kappa shape index (κ3) is 5.33. The molecule has 0 aromatic carbocycles. The van der Waals surface area contributed by atoms with Crippen LogP contribution in [0.25, 0.3) is 0 Å². The minimum absolute atomic E-state index is 0.00319. The zero-order valence-corrected chi connectivity index (χ0v) is 11.5. The molecule has 5 nitrogen and oxygen atoms in total. The summed E-state index contributed by atoms with van der Waals surface area (Å²) in [5.74, 6) is -0.313. The van der Waals surface area contributed by atoms with E-state index >= 15 is 0 Å². The van der Waals surface area contributed by atoms with Crippen molar-refractivity contribution in [2.45, 2.75) is 51.8 Å². The quantitative estimate of drug-likeness (QED) is 0.728. The number of ether oxygens (including phenoxy) is 2. The Morgan fingerprint density at radius 2 is 2.17 bits per heavy atom. The molecule has 1 fully saturated rings. The molecule has 1 aliphatic heterocycles. The highest BCUT2D eigenvalue weighted by molar-refractivity contribution is 5.71. The van der Waals surface area contributed by atoms with Gasteiger partial charge in [-0.2, -0.15) is 0 Å². The summed E-state index contributed by atoms with van der Waals surface area (Å²) in [5, 5.41) is 13.1. The lowest BCUT2D eigenvalue weighted by Crippen LogP contribution is -2.48. The fraction of sp³-hybridized carbons (Fsp3) is 0.923. The van der Waals surface area contributed by atoms with E-state index in [1.165, 1.54) is 0 Å². The number of rotatable bonds is 4. The van der Waals surface area contributed by atoms with Crippen LogP contribution in [0.4, 0.5) is 0 Å². The number of hydrogen-bond acceptors (Lipinski definition) is 5. The van der Waals surface area contributed by atoms with Crippen LogP contribution in [-0.4, -0.2) is 49.1 Å². The molecule has 5 heteroatoms. The number of nitrogens with one attached hydrogen (secondary N) is 1. The first kappa shape index (κ1) is 15.4. The van der Waals surface area contributed by atoms with Gasteiger partial charge >= 0.3 is 5.97 Å². The van der Waals surface area contributed by atoms with Crippen molar-refractivity contribution in [3.63, 3.8) is 0 Å². The minimum atomic E-state index is -0.502. The van der Waals surface area contributed by atoms with Gasteiger partial charge in [0.15, 0.2) is 0 Å². The Balaban J connectivity index is 2.45. The van der Waals surface area contributed by atoms with Crippen molar-refractivity contribution < 1.29 is 19.4 Å². The number of carbonyl (C=O) groups is 1. The summed E-state index contributed by atoms with van der Waals surface area (Å²) < 4.78 is 10.6. The number of aliphatic hydroxyl groups is 1. The van der Waals surface area contributed by atoms with Crippen LogP contribution in [0.1, 0.15) is 33.6 Å². The molecule has 1 aliphatic rings. The van der Waals surface area contributed by atoms with Crippen molar-refractivity contribution in [1.82, 2.24) is 5.32 Å². The average molecular weight is 259 g/mol. The number of hydrogen-bond donors (Lipinski definition) is 2. The summed E-state index contributed by atoms with van der Waals surface area (Å²) in [7, 11) is 0. The summed E-state index contributed by atoms with van der Waals surface area (Å²) in [6, 6.07) is 0.247. The van der Waals surface area contributed by atoms with E-state index in [0.29, 0.717) is 26.2 Å². The summed E-state index contributed by atoms with van der Waals surface area (Å²) >= 11 is 0. The van der Waals surface area contributed by atoms with Gasteiger partial charge in [0.25, 0.3) is 0 Å². The van der Waals surface area contributed by atoms with E-state index in [-0.39, 0.29) is 24.0 Å². The Labute approximate surface area is 109 Å². The summed E-state index contributed by atoms with van der Waals surface area (Å²) in [6.45, 7) is 6.95. The van der Waals surface area contributed by atoms with E-state index in [2.05, 4.69) is 12.2 Å². The van der Waals surface area contributed by atoms with E-state index < -0.39 is 6.10 Å². The zero-order valence-electron chi connectivity index (χ0n) is 11.5. The molecule has 0 unspecified atom stereocenters. The molecule has 0 aromatic heterocycles. The SMILES string of the molecule is CC[C@@H]1COC[C@H](O)C[C@H](COC(=O)C(C)C)N1. The minimum Gasteiger partial charge on any atom is -0.464 e. The lowest BCUT2D eigenvalue weighted by atomic mass is 10.1. The fourth-order valence-corrected chi connectivity index (χ4v) is 1.89. The predicted molar refractivity (Wildman–Crippen MR) is 68.2 cm³/mol. The second-order valence-corrected chi connectivity index (χ2v) is 5.18. The van der Waals surface area contributed by atoms with Gasteiger partial charge in [-0.15, -0.1) is 0 Å². The topological polar surface area (TPSA) is 67.8 Å². The molecule has 3 atom stereocenters. The van der Waals surface area contributed by atoms with Crippen molar-refractivity contribution in [3.05, 3.63) is 0 Å². The number of aliphatic hydroxyl groups excluding tert-OH is 1. The molecule has 1 heterocycles. The van der Waals surface area contributed by atoms with E-state index in [9.17, 15) is 9.90 Å². The van der Waals surface area contributed by atoms with Gasteiger partial charge in [0.05, 0.1) is 25.2 Å². The maximum Gasteiger partial charge on any atom is 0.308 e. The monoisotopic (exact) mass is 259 g/mol. The Kier molecular flexibility index (Phi) is 6.60. The number of carbonyl (C=O) groups excluding carboxylic acids is 1. The van der Waals surface area contributed by atoms with Crippen molar-refractivity contribution in [1.29, 1.82) is 0 Å². The Morgan fingerprint density at radius 3 is 2.78 bits per heavy atom. The van der Waals surface area contributed by atoms with Gasteiger partial charge < -0.3 is 19.9 Å². The van der Waals surface area contributed by atoms with Crippen molar-refractivity contribution in [2.24, 2.45) is 5.92 Å². The molecular weight excluding hydrogens is 234 g/mol. The molecule has 0 aromatic rings. The molecule has 0 aliphatic carbocycles. The third-order valence-corrected chi connectivity index (χ3v) is 3.05. The van der Waals surface area contributed by atoms with Crippen LogP contribution in [-0.2, 0) is 14.3 Å². The molecule has 1 rings (SSSR count). The highest BCUT2D eigenvalue weighted by Crippen LogP contribution is 2.08. The van der Waals surface area contributed by atoms with Crippen LogP contribution in [0.2, 0.25) is 0 Å². The molecule has 0 saturated carbocycles. The van der Waals surface area contributed by atoms with E-state index in [1.807, 2.05) is 13.8 Å². The molecule has 0 spiro atoms. The normalized spacial score (nSPS) is 29.7. The molecule has 1 saturated heterocycles. The Bertz CT molecular complexity index is 257.